The molecular weight excluding hydrogens is 176 g/mol. The number of rotatable bonds is 4. The molecular formula is C12H18O2. The lowest BCUT2D eigenvalue weighted by atomic mass is 10.1. The monoisotopic (exact) mass is 194 g/mol. The fourth-order valence-electron chi connectivity index (χ4n) is 1.13. The molecule has 2 heteroatoms. The summed E-state index contributed by atoms with van der Waals surface area (Å²) in [5, 5.41) is 9.37. The van der Waals surface area contributed by atoms with E-state index in [-0.39, 0.29) is 0 Å². The topological polar surface area (TPSA) is 29.5 Å². The van der Waals surface area contributed by atoms with Crippen LogP contribution in [0.15, 0.2) is 24.3 Å². The highest BCUT2D eigenvalue weighted by molar-refractivity contribution is 5.29. The zero-order valence-corrected chi connectivity index (χ0v) is 9.03. The molecule has 0 aliphatic rings. The standard InChI is InChI=1S/C12H18O2/c1-9(2)8-14-12-6-4-5-11(7-12)10(3)13/h4-7,9-10,13H,8H2,1-3H3/t10-/m0/s1. The Morgan fingerprint density at radius 2 is 2.00 bits per heavy atom. The van der Waals surface area contributed by atoms with Crippen LogP contribution in [0, 0.1) is 5.92 Å². The Morgan fingerprint density at radius 3 is 2.57 bits per heavy atom. The maximum atomic E-state index is 9.37. The number of hydrogen-bond donors (Lipinski definition) is 1. The van der Waals surface area contributed by atoms with Crippen molar-refractivity contribution >= 4 is 0 Å². The Labute approximate surface area is 85.5 Å². The van der Waals surface area contributed by atoms with Gasteiger partial charge in [0.1, 0.15) is 5.75 Å². The predicted octanol–water partition coefficient (Wildman–Crippen LogP) is 2.77. The molecule has 0 aliphatic heterocycles. The van der Waals surface area contributed by atoms with Crippen molar-refractivity contribution in [1.82, 2.24) is 0 Å². The molecule has 0 heterocycles. The number of aliphatic hydroxyl groups excluding tert-OH is 1. The summed E-state index contributed by atoms with van der Waals surface area (Å²) < 4.78 is 5.55. The quantitative estimate of drug-likeness (QED) is 0.798. The molecule has 0 aliphatic carbocycles. The first-order chi connectivity index (χ1) is 6.59. The first-order valence-corrected chi connectivity index (χ1v) is 5.00. The van der Waals surface area contributed by atoms with Crippen LogP contribution in [0.1, 0.15) is 32.4 Å². The lowest BCUT2D eigenvalue weighted by Gasteiger charge is -2.10. The van der Waals surface area contributed by atoms with Gasteiger partial charge in [-0.25, -0.2) is 0 Å². The minimum Gasteiger partial charge on any atom is -0.493 e. The summed E-state index contributed by atoms with van der Waals surface area (Å²) in [6, 6.07) is 7.59. The third kappa shape index (κ3) is 3.38. The van der Waals surface area contributed by atoms with E-state index in [0.29, 0.717) is 12.5 Å². The molecule has 0 radical (unpaired) electrons. The van der Waals surface area contributed by atoms with E-state index in [4.69, 9.17) is 4.74 Å². The molecule has 0 spiro atoms. The van der Waals surface area contributed by atoms with Gasteiger partial charge in [-0.05, 0) is 30.5 Å². The van der Waals surface area contributed by atoms with Gasteiger partial charge in [-0.1, -0.05) is 26.0 Å². The molecule has 0 aromatic heterocycles. The fourth-order valence-corrected chi connectivity index (χ4v) is 1.13. The summed E-state index contributed by atoms with van der Waals surface area (Å²) in [5.74, 6) is 1.35. The van der Waals surface area contributed by atoms with Crippen LogP contribution in [0.5, 0.6) is 5.75 Å². The van der Waals surface area contributed by atoms with Gasteiger partial charge < -0.3 is 9.84 Å². The zero-order chi connectivity index (χ0) is 10.6. The van der Waals surface area contributed by atoms with E-state index in [0.717, 1.165) is 11.3 Å². The predicted molar refractivity (Wildman–Crippen MR) is 57.4 cm³/mol. The second-order valence-electron chi connectivity index (χ2n) is 3.95. The lowest BCUT2D eigenvalue weighted by molar-refractivity contribution is 0.198. The van der Waals surface area contributed by atoms with E-state index in [2.05, 4.69) is 13.8 Å². The lowest BCUT2D eigenvalue weighted by Crippen LogP contribution is -2.04. The van der Waals surface area contributed by atoms with E-state index in [1.807, 2.05) is 24.3 Å². The van der Waals surface area contributed by atoms with Crippen molar-refractivity contribution in [2.75, 3.05) is 6.61 Å². The van der Waals surface area contributed by atoms with Gasteiger partial charge >= 0.3 is 0 Å². The first kappa shape index (κ1) is 11.1. The summed E-state index contributed by atoms with van der Waals surface area (Å²) in [4.78, 5) is 0. The first-order valence-electron chi connectivity index (χ1n) is 5.00. The van der Waals surface area contributed by atoms with E-state index >= 15 is 0 Å². The SMILES string of the molecule is CC(C)COc1cccc([C@H](C)O)c1. The minimum absolute atomic E-state index is 0.433. The van der Waals surface area contributed by atoms with Gasteiger partial charge in [0.15, 0.2) is 0 Å². The second kappa shape index (κ2) is 5.01. The maximum Gasteiger partial charge on any atom is 0.119 e. The van der Waals surface area contributed by atoms with Crippen LogP contribution >= 0.6 is 0 Å². The van der Waals surface area contributed by atoms with Crippen molar-refractivity contribution < 1.29 is 9.84 Å². The van der Waals surface area contributed by atoms with Gasteiger partial charge in [0.2, 0.25) is 0 Å². The average molecular weight is 194 g/mol. The van der Waals surface area contributed by atoms with Crippen molar-refractivity contribution in [3.63, 3.8) is 0 Å². The molecule has 2 nitrogen and oxygen atoms in total. The molecule has 1 rings (SSSR count). The highest BCUT2D eigenvalue weighted by Gasteiger charge is 2.02. The Hall–Kier alpha value is -1.02. The molecule has 1 aromatic rings. The number of aliphatic hydroxyl groups is 1. The molecule has 0 saturated carbocycles. The third-order valence-corrected chi connectivity index (χ3v) is 1.92. The van der Waals surface area contributed by atoms with Gasteiger partial charge in [0.25, 0.3) is 0 Å². The van der Waals surface area contributed by atoms with Crippen molar-refractivity contribution in [1.29, 1.82) is 0 Å². The van der Waals surface area contributed by atoms with Gasteiger partial charge in [-0.2, -0.15) is 0 Å². The summed E-state index contributed by atoms with van der Waals surface area (Å²) in [7, 11) is 0. The van der Waals surface area contributed by atoms with Gasteiger partial charge in [0, 0.05) is 0 Å². The molecule has 0 bridgehead atoms. The number of ether oxygens (including phenoxy) is 1. The van der Waals surface area contributed by atoms with Crippen LogP contribution in [-0.4, -0.2) is 11.7 Å². The normalized spacial score (nSPS) is 12.9. The molecule has 14 heavy (non-hydrogen) atoms. The van der Waals surface area contributed by atoms with Crippen LogP contribution in [-0.2, 0) is 0 Å². The molecule has 0 unspecified atom stereocenters. The minimum atomic E-state index is -0.433. The summed E-state index contributed by atoms with van der Waals surface area (Å²) >= 11 is 0. The Morgan fingerprint density at radius 1 is 1.29 bits per heavy atom. The van der Waals surface area contributed by atoms with E-state index in [1.54, 1.807) is 6.92 Å². The maximum absolute atomic E-state index is 9.37. The van der Waals surface area contributed by atoms with E-state index < -0.39 is 6.10 Å². The van der Waals surface area contributed by atoms with E-state index in [9.17, 15) is 5.11 Å². The Bertz CT molecular complexity index is 279. The van der Waals surface area contributed by atoms with Gasteiger partial charge in [-0.3, -0.25) is 0 Å². The highest BCUT2D eigenvalue weighted by atomic mass is 16.5. The number of benzene rings is 1. The van der Waals surface area contributed by atoms with Crippen LogP contribution in [0.4, 0.5) is 0 Å². The molecule has 0 amide bonds. The Kier molecular flexibility index (Phi) is 3.96. The van der Waals surface area contributed by atoms with Gasteiger partial charge in [-0.15, -0.1) is 0 Å². The number of hydrogen-bond acceptors (Lipinski definition) is 2. The summed E-state index contributed by atoms with van der Waals surface area (Å²) in [5.41, 5.74) is 0.895. The van der Waals surface area contributed by atoms with Crippen molar-refractivity contribution in [2.24, 2.45) is 5.92 Å². The summed E-state index contributed by atoms with van der Waals surface area (Å²) in [6.45, 7) is 6.68. The average Bonchev–Trinajstić information content (AvgIpc) is 2.15. The second-order valence-corrected chi connectivity index (χ2v) is 3.95. The fraction of sp³-hybridized carbons (Fsp3) is 0.500. The van der Waals surface area contributed by atoms with E-state index in [1.165, 1.54) is 0 Å². The largest absolute Gasteiger partial charge is 0.493 e. The smallest absolute Gasteiger partial charge is 0.119 e. The molecule has 1 aromatic carbocycles. The van der Waals surface area contributed by atoms with Crippen molar-refractivity contribution in [3.8, 4) is 5.75 Å². The molecule has 1 atom stereocenters. The molecule has 0 fully saturated rings. The van der Waals surface area contributed by atoms with Crippen molar-refractivity contribution in [3.05, 3.63) is 29.8 Å². The van der Waals surface area contributed by atoms with Crippen LogP contribution in [0.2, 0.25) is 0 Å². The third-order valence-electron chi connectivity index (χ3n) is 1.92. The van der Waals surface area contributed by atoms with Gasteiger partial charge in [0.05, 0.1) is 12.7 Å². The highest BCUT2D eigenvalue weighted by Crippen LogP contribution is 2.19. The van der Waals surface area contributed by atoms with Crippen LogP contribution < -0.4 is 4.74 Å². The van der Waals surface area contributed by atoms with Crippen LogP contribution in [0.3, 0.4) is 0 Å². The zero-order valence-electron chi connectivity index (χ0n) is 9.03. The van der Waals surface area contributed by atoms with Crippen LogP contribution in [0.25, 0.3) is 0 Å². The Balaban J connectivity index is 2.64. The van der Waals surface area contributed by atoms with Crippen molar-refractivity contribution in [2.45, 2.75) is 26.9 Å². The molecule has 1 N–H and O–H groups in total. The molecule has 0 saturated heterocycles. The summed E-state index contributed by atoms with van der Waals surface area (Å²) in [6.07, 6.45) is -0.433. The molecule has 78 valence electrons.